The lowest BCUT2D eigenvalue weighted by atomic mass is 9.87. The van der Waals surface area contributed by atoms with Crippen molar-refractivity contribution in [3.8, 4) is 0 Å². The van der Waals surface area contributed by atoms with Crippen LogP contribution in [0.25, 0.3) is 0 Å². The predicted molar refractivity (Wildman–Crippen MR) is 59.1 cm³/mol. The summed E-state index contributed by atoms with van der Waals surface area (Å²) in [6, 6.07) is 0. The zero-order chi connectivity index (χ0) is 12.0. The van der Waals surface area contributed by atoms with Crippen LogP contribution in [-0.4, -0.2) is 28.8 Å². The van der Waals surface area contributed by atoms with E-state index in [0.29, 0.717) is 23.2 Å². The zero-order valence-electron chi connectivity index (χ0n) is 9.98. The molecule has 0 atom stereocenters. The van der Waals surface area contributed by atoms with Gasteiger partial charge in [0.15, 0.2) is 0 Å². The second-order valence-corrected chi connectivity index (χ2v) is 5.20. The van der Waals surface area contributed by atoms with Crippen molar-refractivity contribution in [1.29, 1.82) is 0 Å². The topological polar surface area (TPSA) is 61.6 Å². The first-order valence-corrected chi connectivity index (χ1v) is 6.36. The zero-order valence-corrected chi connectivity index (χ0v) is 9.98. The van der Waals surface area contributed by atoms with Gasteiger partial charge in [-0.1, -0.05) is 0 Å². The maximum absolute atomic E-state index is 11.7. The molecular weight excluding hydrogens is 222 g/mol. The van der Waals surface area contributed by atoms with Crippen molar-refractivity contribution in [2.24, 2.45) is 11.8 Å². The Morgan fingerprint density at radius 2 is 2.06 bits per heavy atom. The Kier molecular flexibility index (Phi) is 2.31. The van der Waals surface area contributed by atoms with Gasteiger partial charge >= 0.3 is 11.7 Å². The quantitative estimate of drug-likeness (QED) is 0.549. The molecule has 17 heavy (non-hydrogen) atoms. The summed E-state index contributed by atoms with van der Waals surface area (Å²) in [4.78, 5) is 17.6. The molecule has 0 N–H and O–H groups in total. The molecular formula is C12H17NO4. The van der Waals surface area contributed by atoms with Gasteiger partial charge in [0.2, 0.25) is 0 Å². The summed E-state index contributed by atoms with van der Waals surface area (Å²) in [6.07, 6.45) is 4.88. The van der Waals surface area contributed by atoms with Crippen LogP contribution in [0.5, 0.6) is 0 Å². The molecule has 0 radical (unpaired) electrons. The fourth-order valence-corrected chi connectivity index (χ4v) is 2.84. The number of ether oxygens (including phenoxy) is 1. The third-order valence-electron chi connectivity index (χ3n) is 3.96. The summed E-state index contributed by atoms with van der Waals surface area (Å²) in [5, 5.41) is 11.7. The number of hydrogen-bond acceptors (Lipinski definition) is 4. The third kappa shape index (κ3) is 1.68. The van der Waals surface area contributed by atoms with Gasteiger partial charge in [0.05, 0.1) is 18.6 Å². The first-order valence-electron chi connectivity index (χ1n) is 6.36. The first-order chi connectivity index (χ1) is 8.17. The van der Waals surface area contributed by atoms with Crippen molar-refractivity contribution < 1.29 is 19.3 Å². The Labute approximate surface area is 99.9 Å². The number of rotatable bonds is 4. The summed E-state index contributed by atoms with van der Waals surface area (Å²) in [6.45, 7) is 2.02. The largest absolute Gasteiger partial charge is 0.458 e. The monoisotopic (exact) mass is 239 g/mol. The lowest BCUT2D eigenvalue weighted by molar-refractivity contribution is -0.755. The van der Waals surface area contributed by atoms with Crippen LogP contribution >= 0.6 is 0 Å². The van der Waals surface area contributed by atoms with E-state index in [9.17, 15) is 10.0 Å². The highest BCUT2D eigenvalue weighted by Gasteiger charge is 2.60. The predicted octanol–water partition coefficient (Wildman–Crippen LogP) is 1.39. The Bertz CT molecular complexity index is 370. The van der Waals surface area contributed by atoms with Gasteiger partial charge in [0.25, 0.3) is 0 Å². The molecule has 3 aliphatic rings. The molecule has 0 aromatic rings. The minimum atomic E-state index is -0.523. The van der Waals surface area contributed by atoms with Crippen molar-refractivity contribution in [1.82, 2.24) is 0 Å². The molecule has 0 bridgehead atoms. The Morgan fingerprint density at radius 3 is 2.53 bits per heavy atom. The number of carbonyl (C=O) groups excluding carboxylic acids is 1. The fourth-order valence-electron chi connectivity index (χ4n) is 2.84. The number of hydrogen-bond donors (Lipinski definition) is 0. The summed E-state index contributed by atoms with van der Waals surface area (Å²) >= 11 is 0. The van der Waals surface area contributed by atoms with Crippen LogP contribution in [-0.2, 0) is 14.4 Å². The SMILES string of the molecule is CCOC(=O)C1=[N+]([O-])OC(C2CC2)(C2CC2)C1. The molecule has 1 aliphatic heterocycles. The summed E-state index contributed by atoms with van der Waals surface area (Å²) in [7, 11) is 0. The summed E-state index contributed by atoms with van der Waals surface area (Å²) in [5.41, 5.74) is -0.241. The van der Waals surface area contributed by atoms with E-state index >= 15 is 0 Å². The molecule has 5 heteroatoms. The molecule has 5 nitrogen and oxygen atoms in total. The Hall–Kier alpha value is -1.26. The highest BCUT2D eigenvalue weighted by Crippen LogP contribution is 2.57. The van der Waals surface area contributed by atoms with E-state index in [1.807, 2.05) is 0 Å². The highest BCUT2D eigenvalue weighted by atomic mass is 16.9. The maximum atomic E-state index is 11.7. The molecule has 1 heterocycles. The average Bonchev–Trinajstić information content (AvgIpc) is 3.14. The second-order valence-electron chi connectivity index (χ2n) is 5.20. The molecule has 2 fully saturated rings. The normalized spacial score (nSPS) is 26.9. The molecule has 0 spiro atoms. The van der Waals surface area contributed by atoms with Gasteiger partial charge in [-0.05, 0) is 44.4 Å². The molecule has 0 unspecified atom stereocenters. The van der Waals surface area contributed by atoms with E-state index in [4.69, 9.17) is 9.57 Å². The molecule has 0 aromatic carbocycles. The van der Waals surface area contributed by atoms with Gasteiger partial charge in [0, 0.05) is 4.90 Å². The number of esters is 1. The van der Waals surface area contributed by atoms with E-state index < -0.39 is 5.97 Å². The van der Waals surface area contributed by atoms with Gasteiger partial charge in [-0.15, -0.1) is 0 Å². The third-order valence-corrected chi connectivity index (χ3v) is 3.96. The van der Waals surface area contributed by atoms with Gasteiger partial charge < -0.3 is 9.57 Å². The lowest BCUT2D eigenvalue weighted by Gasteiger charge is -2.29. The average molecular weight is 239 g/mol. The van der Waals surface area contributed by atoms with Crippen LogP contribution in [0.2, 0.25) is 0 Å². The summed E-state index contributed by atoms with van der Waals surface area (Å²) in [5.74, 6) is 0.391. The molecule has 2 saturated carbocycles. The van der Waals surface area contributed by atoms with Crippen LogP contribution in [0, 0.1) is 17.0 Å². The second kappa shape index (κ2) is 3.62. The lowest BCUT2D eigenvalue weighted by Crippen LogP contribution is -2.36. The molecule has 0 aromatic heterocycles. The standard InChI is InChI=1S/C12H17NO4/c1-2-16-11(14)10-7-12(8-3-4-8,9-5-6-9)17-13(10)15/h8-9H,2-7H2,1H3. The highest BCUT2D eigenvalue weighted by molar-refractivity contribution is 6.34. The van der Waals surface area contributed by atoms with Crippen LogP contribution in [0.3, 0.4) is 0 Å². The smallest absolute Gasteiger partial charge is 0.405 e. The van der Waals surface area contributed by atoms with Crippen molar-refractivity contribution in [3.63, 3.8) is 0 Å². The van der Waals surface area contributed by atoms with Crippen LogP contribution in [0.4, 0.5) is 0 Å². The van der Waals surface area contributed by atoms with Gasteiger partial charge in [-0.3, -0.25) is 5.21 Å². The Morgan fingerprint density at radius 1 is 1.47 bits per heavy atom. The van der Waals surface area contributed by atoms with Crippen LogP contribution in [0.1, 0.15) is 39.0 Å². The molecule has 0 saturated heterocycles. The molecule has 2 aliphatic carbocycles. The first kappa shape index (κ1) is 10.9. The van der Waals surface area contributed by atoms with Gasteiger partial charge in [0.1, 0.15) is 0 Å². The van der Waals surface area contributed by atoms with Crippen molar-refractivity contribution in [2.45, 2.75) is 44.6 Å². The number of nitrogens with zero attached hydrogens (tertiary/aromatic N) is 1. The minimum Gasteiger partial charge on any atom is -0.458 e. The fraction of sp³-hybridized carbons (Fsp3) is 0.833. The van der Waals surface area contributed by atoms with Gasteiger partial charge in [-0.25, -0.2) is 4.79 Å². The van der Waals surface area contributed by atoms with Crippen LogP contribution < -0.4 is 0 Å². The van der Waals surface area contributed by atoms with E-state index in [0.717, 1.165) is 25.7 Å². The van der Waals surface area contributed by atoms with E-state index in [1.165, 1.54) is 0 Å². The van der Waals surface area contributed by atoms with E-state index in [1.54, 1.807) is 6.92 Å². The molecule has 3 rings (SSSR count). The van der Waals surface area contributed by atoms with Crippen molar-refractivity contribution in [2.75, 3.05) is 6.61 Å². The Balaban J connectivity index is 1.78. The maximum Gasteiger partial charge on any atom is 0.405 e. The van der Waals surface area contributed by atoms with E-state index in [-0.39, 0.29) is 17.9 Å². The molecule has 0 amide bonds. The molecule has 94 valence electrons. The van der Waals surface area contributed by atoms with E-state index in [2.05, 4.69) is 0 Å². The van der Waals surface area contributed by atoms with Crippen LogP contribution in [0.15, 0.2) is 0 Å². The summed E-state index contributed by atoms with van der Waals surface area (Å²) < 4.78 is 4.89. The van der Waals surface area contributed by atoms with Gasteiger partial charge in [-0.2, -0.15) is 0 Å². The number of carbonyl (C=O) groups is 1. The van der Waals surface area contributed by atoms with Crippen molar-refractivity contribution >= 4 is 11.7 Å². The van der Waals surface area contributed by atoms with Crippen molar-refractivity contribution in [3.05, 3.63) is 5.21 Å². The minimum absolute atomic E-state index is 0.144.